The van der Waals surface area contributed by atoms with Crippen molar-refractivity contribution in [3.63, 3.8) is 0 Å². The first-order valence-corrected chi connectivity index (χ1v) is 8.16. The third kappa shape index (κ3) is 2.80. The maximum atomic E-state index is 13.3. The number of hydrogen-bond donors (Lipinski definition) is 0. The smallest absolute Gasteiger partial charge is 0.261 e. The Morgan fingerprint density at radius 2 is 2.04 bits per heavy atom. The highest BCUT2D eigenvalue weighted by Gasteiger charge is 2.22. The Labute approximate surface area is 143 Å². The quantitative estimate of drug-likeness (QED) is 0.722. The normalized spacial score (nSPS) is 13.7. The molecule has 0 unspecified atom stereocenters. The Morgan fingerprint density at radius 1 is 1.20 bits per heavy atom. The van der Waals surface area contributed by atoms with Crippen LogP contribution in [0.1, 0.15) is 12.0 Å². The fourth-order valence-corrected chi connectivity index (χ4v) is 3.27. The van der Waals surface area contributed by atoms with Crippen molar-refractivity contribution < 1.29 is 9.18 Å². The van der Waals surface area contributed by atoms with Crippen molar-refractivity contribution in [3.05, 3.63) is 70.5 Å². The summed E-state index contributed by atoms with van der Waals surface area (Å²) < 4.78 is 14.5. The minimum absolute atomic E-state index is 0.0898. The Morgan fingerprint density at radius 3 is 2.92 bits per heavy atom. The Bertz CT molecular complexity index is 1030. The molecule has 0 radical (unpaired) electrons. The van der Waals surface area contributed by atoms with E-state index in [9.17, 15) is 14.0 Å². The van der Waals surface area contributed by atoms with Gasteiger partial charge in [0.2, 0.25) is 5.91 Å². The standard InChI is InChI=1S/C19H16FN3O2/c20-14-7-8-15-16(10-14)21-12-22(19(15)25)11-18(24)23-9-3-5-13-4-1-2-6-17(13)23/h1-2,4,6-8,10,12H,3,5,9,11H2. The molecule has 0 aliphatic carbocycles. The highest BCUT2D eigenvalue weighted by molar-refractivity contribution is 5.94. The molecule has 0 atom stereocenters. The predicted octanol–water partition coefficient (Wildman–Crippen LogP) is 2.52. The minimum Gasteiger partial charge on any atom is -0.311 e. The van der Waals surface area contributed by atoms with E-state index in [4.69, 9.17) is 0 Å². The van der Waals surface area contributed by atoms with Crippen LogP contribution in [0.3, 0.4) is 0 Å². The van der Waals surface area contributed by atoms with E-state index >= 15 is 0 Å². The first-order valence-electron chi connectivity index (χ1n) is 8.16. The molecule has 25 heavy (non-hydrogen) atoms. The fraction of sp³-hybridized carbons (Fsp3) is 0.211. The van der Waals surface area contributed by atoms with Crippen molar-refractivity contribution in [2.45, 2.75) is 19.4 Å². The lowest BCUT2D eigenvalue weighted by atomic mass is 10.0. The molecule has 126 valence electrons. The molecule has 4 rings (SSSR count). The number of anilines is 1. The number of aryl methyl sites for hydroxylation is 1. The lowest BCUT2D eigenvalue weighted by Crippen LogP contribution is -2.39. The van der Waals surface area contributed by atoms with Crippen LogP contribution >= 0.6 is 0 Å². The third-order valence-corrected chi connectivity index (χ3v) is 4.50. The number of fused-ring (bicyclic) bond motifs is 2. The van der Waals surface area contributed by atoms with Crippen LogP contribution in [0, 0.1) is 5.82 Å². The average molecular weight is 337 g/mol. The van der Waals surface area contributed by atoms with E-state index in [1.165, 1.54) is 29.1 Å². The van der Waals surface area contributed by atoms with E-state index < -0.39 is 5.82 Å². The molecule has 1 aliphatic heterocycles. The topological polar surface area (TPSA) is 55.2 Å². The van der Waals surface area contributed by atoms with Crippen molar-refractivity contribution in [3.8, 4) is 0 Å². The molecule has 0 fully saturated rings. The highest BCUT2D eigenvalue weighted by Crippen LogP contribution is 2.26. The van der Waals surface area contributed by atoms with Crippen molar-refractivity contribution in [2.75, 3.05) is 11.4 Å². The van der Waals surface area contributed by atoms with Gasteiger partial charge < -0.3 is 4.90 Å². The highest BCUT2D eigenvalue weighted by atomic mass is 19.1. The summed E-state index contributed by atoms with van der Waals surface area (Å²) in [5.74, 6) is -0.601. The third-order valence-electron chi connectivity index (χ3n) is 4.50. The van der Waals surface area contributed by atoms with Gasteiger partial charge in [-0.05, 0) is 36.6 Å². The molecule has 0 spiro atoms. The predicted molar refractivity (Wildman–Crippen MR) is 93.1 cm³/mol. The number of hydrogen-bond acceptors (Lipinski definition) is 3. The van der Waals surface area contributed by atoms with E-state index in [1.54, 1.807) is 4.90 Å². The molecule has 2 heterocycles. The number of nitrogens with zero attached hydrogens (tertiary/aromatic N) is 3. The summed E-state index contributed by atoms with van der Waals surface area (Å²) in [6, 6.07) is 11.6. The van der Waals surface area contributed by atoms with Crippen molar-refractivity contribution in [1.82, 2.24) is 9.55 Å². The van der Waals surface area contributed by atoms with Crippen molar-refractivity contribution in [1.29, 1.82) is 0 Å². The summed E-state index contributed by atoms with van der Waals surface area (Å²) >= 11 is 0. The van der Waals surface area contributed by atoms with E-state index in [2.05, 4.69) is 4.98 Å². The van der Waals surface area contributed by atoms with Crippen LogP contribution in [-0.2, 0) is 17.8 Å². The van der Waals surface area contributed by atoms with Gasteiger partial charge in [-0.25, -0.2) is 9.37 Å². The molecule has 1 amide bonds. The van der Waals surface area contributed by atoms with Crippen molar-refractivity contribution in [2.24, 2.45) is 0 Å². The van der Waals surface area contributed by atoms with Crippen LogP contribution in [0.2, 0.25) is 0 Å². The molecule has 1 aromatic heterocycles. The number of carbonyl (C=O) groups is 1. The number of halogens is 1. The average Bonchev–Trinajstić information content (AvgIpc) is 2.63. The van der Waals surface area contributed by atoms with E-state index in [0.29, 0.717) is 11.9 Å². The molecule has 0 saturated heterocycles. The molecule has 0 saturated carbocycles. The fourth-order valence-electron chi connectivity index (χ4n) is 3.27. The Kier molecular flexibility index (Phi) is 3.80. The zero-order valence-corrected chi connectivity index (χ0v) is 13.5. The number of benzene rings is 2. The number of para-hydroxylation sites is 1. The molecule has 2 aromatic carbocycles. The number of aromatic nitrogens is 2. The van der Waals surface area contributed by atoms with Crippen LogP contribution in [0.5, 0.6) is 0 Å². The maximum absolute atomic E-state index is 13.3. The second-order valence-electron chi connectivity index (χ2n) is 6.12. The molecular weight excluding hydrogens is 321 g/mol. The van der Waals surface area contributed by atoms with Crippen LogP contribution in [0.15, 0.2) is 53.6 Å². The SMILES string of the molecule is O=C(Cn1cnc2cc(F)ccc2c1=O)N1CCCc2ccccc21. The summed E-state index contributed by atoms with van der Waals surface area (Å²) in [7, 11) is 0. The molecule has 5 nitrogen and oxygen atoms in total. The lowest BCUT2D eigenvalue weighted by Gasteiger charge is -2.29. The van der Waals surface area contributed by atoms with Gasteiger partial charge in [-0.3, -0.25) is 14.2 Å². The number of amides is 1. The van der Waals surface area contributed by atoms with Crippen molar-refractivity contribution >= 4 is 22.5 Å². The van der Waals surface area contributed by atoms with E-state index in [1.807, 2.05) is 24.3 Å². The maximum Gasteiger partial charge on any atom is 0.261 e. The first kappa shape index (κ1) is 15.5. The van der Waals surface area contributed by atoms with Gasteiger partial charge in [-0.2, -0.15) is 0 Å². The van der Waals surface area contributed by atoms with Gasteiger partial charge in [0.05, 0.1) is 17.2 Å². The van der Waals surface area contributed by atoms with Gasteiger partial charge in [0.25, 0.3) is 5.56 Å². The Hall–Kier alpha value is -3.02. The summed E-state index contributed by atoms with van der Waals surface area (Å²) in [4.78, 5) is 31.1. The summed E-state index contributed by atoms with van der Waals surface area (Å²) in [5, 5.41) is 0.302. The van der Waals surface area contributed by atoms with E-state index in [0.717, 1.165) is 24.1 Å². The number of carbonyl (C=O) groups excluding carboxylic acids is 1. The first-order chi connectivity index (χ1) is 12.1. The lowest BCUT2D eigenvalue weighted by molar-refractivity contribution is -0.119. The zero-order chi connectivity index (χ0) is 17.4. The van der Waals surface area contributed by atoms with Gasteiger partial charge in [-0.15, -0.1) is 0 Å². The van der Waals surface area contributed by atoms with Crippen LogP contribution in [0.4, 0.5) is 10.1 Å². The molecule has 3 aromatic rings. The molecule has 0 N–H and O–H groups in total. The summed E-state index contributed by atoms with van der Waals surface area (Å²) in [6.07, 6.45) is 3.15. The Balaban J connectivity index is 1.66. The van der Waals surface area contributed by atoms with E-state index in [-0.39, 0.29) is 23.5 Å². The molecule has 6 heteroatoms. The van der Waals surface area contributed by atoms with Crippen LogP contribution < -0.4 is 10.5 Å². The molecule has 0 bridgehead atoms. The van der Waals surface area contributed by atoms with Gasteiger partial charge in [0.1, 0.15) is 12.4 Å². The van der Waals surface area contributed by atoms with Crippen LogP contribution in [-0.4, -0.2) is 22.0 Å². The number of rotatable bonds is 2. The zero-order valence-electron chi connectivity index (χ0n) is 13.5. The summed E-state index contributed by atoms with van der Waals surface area (Å²) in [6.45, 7) is 0.546. The second kappa shape index (κ2) is 6.12. The largest absolute Gasteiger partial charge is 0.311 e. The monoisotopic (exact) mass is 337 g/mol. The second-order valence-corrected chi connectivity index (χ2v) is 6.12. The van der Waals surface area contributed by atoms with Crippen LogP contribution in [0.25, 0.3) is 10.9 Å². The van der Waals surface area contributed by atoms with Gasteiger partial charge >= 0.3 is 0 Å². The van der Waals surface area contributed by atoms with Gasteiger partial charge in [0, 0.05) is 18.3 Å². The summed E-state index contributed by atoms with van der Waals surface area (Å²) in [5.41, 5.74) is 1.99. The van der Waals surface area contributed by atoms with Gasteiger partial charge in [-0.1, -0.05) is 18.2 Å². The molecular formula is C19H16FN3O2. The van der Waals surface area contributed by atoms with Gasteiger partial charge in [0.15, 0.2) is 0 Å². The minimum atomic E-state index is -0.446. The molecule has 1 aliphatic rings.